The Morgan fingerprint density at radius 2 is 2.18 bits per heavy atom. The van der Waals surface area contributed by atoms with Crippen molar-refractivity contribution < 1.29 is 4.79 Å². The second kappa shape index (κ2) is 2.53. The molecule has 0 fully saturated rings. The molecule has 58 valence electrons. The minimum atomic E-state index is -0.580. The van der Waals surface area contributed by atoms with Crippen LogP contribution in [-0.4, -0.2) is 15.8 Å². The zero-order valence-corrected chi connectivity index (χ0v) is 5.83. The van der Waals surface area contributed by atoms with E-state index in [1.165, 1.54) is 7.05 Å². The number of nitrogens with one attached hydrogen (secondary N) is 1. The molecule has 0 aliphatic rings. The molecule has 1 aromatic heterocycles. The predicted molar refractivity (Wildman–Crippen MR) is 37.7 cm³/mol. The first kappa shape index (κ1) is 7.46. The molecule has 1 aromatic rings. The molecular formula is C6H6N2O3. The number of hydrogen-bond acceptors (Lipinski definition) is 3. The minimum absolute atomic E-state index is 0.0490. The third kappa shape index (κ3) is 1.12. The molecule has 0 spiro atoms. The molecule has 5 nitrogen and oxygen atoms in total. The second-order valence-corrected chi connectivity index (χ2v) is 2.03. The molecule has 0 unspecified atom stereocenters. The summed E-state index contributed by atoms with van der Waals surface area (Å²) in [6, 6.07) is 0. The van der Waals surface area contributed by atoms with Crippen molar-refractivity contribution in [3.63, 3.8) is 0 Å². The molecule has 1 rings (SSSR count). The first-order valence-electron chi connectivity index (χ1n) is 2.90. The minimum Gasteiger partial charge on any atom is -0.313 e. The van der Waals surface area contributed by atoms with Gasteiger partial charge in [0, 0.05) is 13.2 Å². The highest BCUT2D eigenvalue weighted by atomic mass is 16.2. The molecule has 0 aliphatic carbocycles. The van der Waals surface area contributed by atoms with E-state index in [0.717, 1.165) is 10.8 Å². The standard InChI is InChI=1S/C6H6N2O3/c1-8-5(10)4(3-9)2-7-6(8)11/h2-3H,1H3,(H,7,11). The zero-order valence-electron chi connectivity index (χ0n) is 5.83. The topological polar surface area (TPSA) is 71.9 Å². The van der Waals surface area contributed by atoms with Crippen molar-refractivity contribution in [1.82, 2.24) is 9.55 Å². The SMILES string of the molecule is Cn1c(=O)[nH]cc(C=O)c1=O. The summed E-state index contributed by atoms with van der Waals surface area (Å²) in [5, 5.41) is 0. The Morgan fingerprint density at radius 1 is 1.55 bits per heavy atom. The van der Waals surface area contributed by atoms with Crippen molar-refractivity contribution in [2.75, 3.05) is 0 Å². The molecule has 0 saturated heterocycles. The summed E-state index contributed by atoms with van der Waals surface area (Å²) in [6.07, 6.45) is 1.50. The number of carbonyl (C=O) groups excluding carboxylic acids is 1. The Balaban J connectivity index is 3.62. The summed E-state index contributed by atoms with van der Waals surface area (Å²) in [5.74, 6) is 0. The van der Waals surface area contributed by atoms with E-state index in [9.17, 15) is 14.4 Å². The first-order chi connectivity index (χ1) is 5.16. The van der Waals surface area contributed by atoms with E-state index in [4.69, 9.17) is 0 Å². The van der Waals surface area contributed by atoms with Crippen LogP contribution in [0.4, 0.5) is 0 Å². The molecular weight excluding hydrogens is 148 g/mol. The van der Waals surface area contributed by atoms with Crippen LogP contribution >= 0.6 is 0 Å². The van der Waals surface area contributed by atoms with Crippen LogP contribution in [0.1, 0.15) is 10.4 Å². The van der Waals surface area contributed by atoms with E-state index in [0.29, 0.717) is 6.29 Å². The zero-order chi connectivity index (χ0) is 8.43. The Hall–Kier alpha value is -1.65. The highest BCUT2D eigenvalue weighted by molar-refractivity contribution is 5.73. The maximum absolute atomic E-state index is 10.9. The van der Waals surface area contributed by atoms with Crippen LogP contribution in [0.3, 0.4) is 0 Å². The number of aldehydes is 1. The lowest BCUT2D eigenvalue weighted by Gasteiger charge is -1.93. The quantitative estimate of drug-likeness (QED) is 0.521. The smallest absolute Gasteiger partial charge is 0.313 e. The van der Waals surface area contributed by atoms with Crippen molar-refractivity contribution in [2.24, 2.45) is 7.05 Å². The van der Waals surface area contributed by atoms with Crippen LogP contribution in [0, 0.1) is 0 Å². The highest BCUT2D eigenvalue weighted by Crippen LogP contribution is 1.75. The van der Waals surface area contributed by atoms with Crippen LogP contribution in [-0.2, 0) is 7.05 Å². The maximum Gasteiger partial charge on any atom is 0.328 e. The molecule has 0 aromatic carbocycles. The molecule has 0 saturated carbocycles. The summed E-state index contributed by atoms with van der Waals surface area (Å²) in [4.78, 5) is 34.0. The average Bonchev–Trinajstić information content (AvgIpc) is 2.01. The second-order valence-electron chi connectivity index (χ2n) is 2.03. The van der Waals surface area contributed by atoms with E-state index >= 15 is 0 Å². The van der Waals surface area contributed by atoms with Gasteiger partial charge in [0.2, 0.25) is 0 Å². The van der Waals surface area contributed by atoms with Crippen molar-refractivity contribution in [3.8, 4) is 0 Å². The molecule has 0 atom stereocenters. The molecule has 0 amide bonds. The monoisotopic (exact) mass is 154 g/mol. The lowest BCUT2D eigenvalue weighted by atomic mass is 10.4. The van der Waals surface area contributed by atoms with Crippen molar-refractivity contribution in [2.45, 2.75) is 0 Å². The summed E-state index contributed by atoms with van der Waals surface area (Å²) in [7, 11) is 1.30. The highest BCUT2D eigenvalue weighted by Gasteiger charge is 2.00. The number of nitrogens with zero attached hydrogens (tertiary/aromatic N) is 1. The molecule has 1 heterocycles. The largest absolute Gasteiger partial charge is 0.328 e. The van der Waals surface area contributed by atoms with Gasteiger partial charge in [0.25, 0.3) is 5.56 Å². The van der Waals surface area contributed by atoms with Crippen molar-refractivity contribution >= 4 is 6.29 Å². The fourth-order valence-corrected chi connectivity index (χ4v) is 0.668. The van der Waals surface area contributed by atoms with Crippen molar-refractivity contribution in [1.29, 1.82) is 0 Å². The van der Waals surface area contributed by atoms with Gasteiger partial charge >= 0.3 is 5.69 Å². The van der Waals surface area contributed by atoms with Crippen LogP contribution in [0.15, 0.2) is 15.8 Å². The lowest BCUT2D eigenvalue weighted by molar-refractivity contribution is 0.112. The van der Waals surface area contributed by atoms with Gasteiger partial charge in [-0.1, -0.05) is 0 Å². The fourth-order valence-electron chi connectivity index (χ4n) is 0.668. The number of aromatic amines is 1. The van der Waals surface area contributed by atoms with Gasteiger partial charge in [-0.3, -0.25) is 14.2 Å². The average molecular weight is 154 g/mol. The molecule has 0 radical (unpaired) electrons. The summed E-state index contributed by atoms with van der Waals surface area (Å²) >= 11 is 0. The van der Waals surface area contributed by atoms with E-state index in [2.05, 4.69) is 4.98 Å². The summed E-state index contributed by atoms with van der Waals surface area (Å²) in [5.41, 5.74) is -1.16. The molecule has 0 bridgehead atoms. The van der Waals surface area contributed by atoms with Crippen LogP contribution in [0.2, 0.25) is 0 Å². The van der Waals surface area contributed by atoms with E-state index in [1.54, 1.807) is 0 Å². The number of H-pyrrole nitrogens is 1. The van der Waals surface area contributed by atoms with Crippen LogP contribution in [0.5, 0.6) is 0 Å². The van der Waals surface area contributed by atoms with Crippen LogP contribution < -0.4 is 11.2 Å². The molecule has 1 N–H and O–H groups in total. The first-order valence-corrected chi connectivity index (χ1v) is 2.90. The van der Waals surface area contributed by atoms with Gasteiger partial charge < -0.3 is 4.98 Å². The fraction of sp³-hybridized carbons (Fsp3) is 0.167. The number of carbonyl (C=O) groups is 1. The normalized spacial score (nSPS) is 9.55. The summed E-state index contributed by atoms with van der Waals surface area (Å²) in [6.45, 7) is 0. The Morgan fingerprint density at radius 3 is 2.73 bits per heavy atom. The lowest BCUT2D eigenvalue weighted by Crippen LogP contribution is -2.34. The predicted octanol–water partition coefficient (Wildman–Crippen LogP) is -1.11. The van der Waals surface area contributed by atoms with E-state index in [-0.39, 0.29) is 5.56 Å². The Kier molecular flexibility index (Phi) is 1.72. The van der Waals surface area contributed by atoms with Gasteiger partial charge in [-0.2, -0.15) is 0 Å². The van der Waals surface area contributed by atoms with Crippen LogP contribution in [0.25, 0.3) is 0 Å². The third-order valence-electron chi connectivity index (χ3n) is 1.33. The van der Waals surface area contributed by atoms with Crippen molar-refractivity contribution in [3.05, 3.63) is 32.6 Å². The number of rotatable bonds is 1. The Labute approximate surface area is 61.3 Å². The van der Waals surface area contributed by atoms with Gasteiger partial charge in [0.15, 0.2) is 6.29 Å². The van der Waals surface area contributed by atoms with Gasteiger partial charge in [-0.15, -0.1) is 0 Å². The molecule has 0 aliphatic heterocycles. The van der Waals surface area contributed by atoms with Gasteiger partial charge in [0.05, 0.1) is 5.56 Å². The van der Waals surface area contributed by atoms with E-state index in [1.807, 2.05) is 0 Å². The number of aromatic nitrogens is 2. The summed E-state index contributed by atoms with van der Waals surface area (Å²) < 4.78 is 0.837. The van der Waals surface area contributed by atoms with E-state index < -0.39 is 11.2 Å². The number of hydrogen-bond donors (Lipinski definition) is 1. The molecule has 11 heavy (non-hydrogen) atoms. The molecule has 5 heteroatoms. The maximum atomic E-state index is 10.9. The third-order valence-corrected chi connectivity index (χ3v) is 1.33. The van der Waals surface area contributed by atoms with Gasteiger partial charge in [-0.25, -0.2) is 4.79 Å². The van der Waals surface area contributed by atoms with Gasteiger partial charge in [-0.05, 0) is 0 Å². The van der Waals surface area contributed by atoms with Gasteiger partial charge in [0.1, 0.15) is 0 Å². The Bertz CT molecular complexity index is 388.